The summed E-state index contributed by atoms with van der Waals surface area (Å²) >= 11 is 0. The lowest BCUT2D eigenvalue weighted by atomic mass is 9.33. The van der Waals surface area contributed by atoms with E-state index in [4.69, 9.17) is 4.74 Å². The molecule has 5 aliphatic rings. The minimum absolute atomic E-state index is 0.0617. The molecular formula is C30H46O5. The van der Waals surface area contributed by atoms with E-state index < -0.39 is 23.1 Å². The fourth-order valence-electron chi connectivity index (χ4n) is 11.4. The standard InChI is InChI=1S/C30H46O5/c1-17(2)18-10-13-30(25(33)34)15-14-28(6)19(23(18)30)8-9-21-27(5)12-11-22(32)35-26(3,4)24(27)20(31)16-29(21,28)7/h18-21,23-24,31H,1,8-16H2,2-7H3,(H,33,34)/t18-,19?,20+,21?,23?,24?,27+,28+,29+,30-/m0/s1. The van der Waals surface area contributed by atoms with Crippen LogP contribution in [0.5, 0.6) is 0 Å². The highest BCUT2D eigenvalue weighted by Crippen LogP contribution is 2.76. The number of hydrogen-bond donors (Lipinski definition) is 2. The Morgan fingerprint density at radius 2 is 1.69 bits per heavy atom. The Morgan fingerprint density at radius 3 is 2.31 bits per heavy atom. The predicted octanol–water partition coefficient (Wildman–Crippen LogP) is 6.00. The van der Waals surface area contributed by atoms with Gasteiger partial charge < -0.3 is 14.9 Å². The number of carboxylic acid groups (broad SMARTS) is 1. The van der Waals surface area contributed by atoms with Gasteiger partial charge in [0.1, 0.15) is 5.60 Å². The van der Waals surface area contributed by atoms with Crippen molar-refractivity contribution in [3.63, 3.8) is 0 Å². The van der Waals surface area contributed by atoms with E-state index in [1.165, 1.54) is 0 Å². The molecule has 4 unspecified atom stereocenters. The molecule has 5 nitrogen and oxygen atoms in total. The van der Waals surface area contributed by atoms with Crippen LogP contribution in [-0.2, 0) is 14.3 Å². The lowest BCUT2D eigenvalue weighted by molar-refractivity contribution is -0.260. The number of cyclic esters (lactones) is 1. The maximum atomic E-state index is 12.8. The molecule has 196 valence electrons. The van der Waals surface area contributed by atoms with Crippen LogP contribution in [0.2, 0.25) is 0 Å². The van der Waals surface area contributed by atoms with Crippen molar-refractivity contribution in [1.29, 1.82) is 0 Å². The van der Waals surface area contributed by atoms with Crippen molar-refractivity contribution in [2.45, 2.75) is 111 Å². The average Bonchev–Trinajstić information content (AvgIpc) is 3.09. The SMILES string of the molecule is C=C(C)[C@@H]1CC[C@]2(C(=O)O)CC[C@]3(C)C(CCC4[C@@]5(C)CCC(=O)OC(C)(C)C5[C@H](O)C[C@]43C)C12. The first-order valence-corrected chi connectivity index (χ1v) is 13.9. The number of aliphatic hydroxyl groups excluding tert-OH is 1. The van der Waals surface area contributed by atoms with Crippen molar-refractivity contribution in [3.8, 4) is 0 Å². The molecule has 0 bridgehead atoms. The van der Waals surface area contributed by atoms with Crippen LogP contribution in [0.1, 0.15) is 99.3 Å². The number of ether oxygens (including phenoxy) is 1. The molecule has 0 aromatic carbocycles. The molecule has 0 aromatic rings. The van der Waals surface area contributed by atoms with Gasteiger partial charge in [-0.05, 0) is 112 Å². The first-order chi connectivity index (χ1) is 16.1. The topological polar surface area (TPSA) is 83.8 Å². The summed E-state index contributed by atoms with van der Waals surface area (Å²) in [6, 6.07) is 0. The molecule has 5 fully saturated rings. The van der Waals surface area contributed by atoms with Gasteiger partial charge in [-0.1, -0.05) is 32.9 Å². The molecule has 1 heterocycles. The zero-order valence-electron chi connectivity index (χ0n) is 22.7. The highest BCUT2D eigenvalue weighted by molar-refractivity contribution is 5.76. The fraction of sp³-hybridized carbons (Fsp3) is 0.867. The van der Waals surface area contributed by atoms with Gasteiger partial charge in [0.05, 0.1) is 11.5 Å². The van der Waals surface area contributed by atoms with E-state index in [9.17, 15) is 19.8 Å². The Labute approximate surface area is 211 Å². The number of allylic oxidation sites excluding steroid dienone is 1. The highest BCUT2D eigenvalue weighted by atomic mass is 16.6. The van der Waals surface area contributed by atoms with E-state index in [2.05, 4.69) is 34.3 Å². The molecule has 0 spiro atoms. The van der Waals surface area contributed by atoms with Crippen molar-refractivity contribution >= 4 is 11.9 Å². The molecular weight excluding hydrogens is 440 g/mol. The number of rotatable bonds is 2. The van der Waals surface area contributed by atoms with Crippen LogP contribution < -0.4 is 0 Å². The van der Waals surface area contributed by atoms with Gasteiger partial charge >= 0.3 is 11.9 Å². The van der Waals surface area contributed by atoms with Crippen LogP contribution in [0.15, 0.2) is 12.2 Å². The normalized spacial score (nSPS) is 52.7. The van der Waals surface area contributed by atoms with Gasteiger partial charge in [-0.2, -0.15) is 0 Å². The molecule has 4 aliphatic carbocycles. The van der Waals surface area contributed by atoms with Gasteiger partial charge in [0, 0.05) is 12.3 Å². The first kappa shape index (κ1) is 25.3. The molecule has 1 saturated heterocycles. The van der Waals surface area contributed by atoms with Crippen LogP contribution in [-0.4, -0.2) is 33.9 Å². The minimum atomic E-state index is -0.706. The smallest absolute Gasteiger partial charge is 0.309 e. The number of carbonyl (C=O) groups excluding carboxylic acids is 1. The molecule has 0 amide bonds. The Bertz CT molecular complexity index is 954. The van der Waals surface area contributed by atoms with E-state index in [0.717, 1.165) is 50.5 Å². The van der Waals surface area contributed by atoms with Gasteiger partial charge in [-0.15, -0.1) is 0 Å². The third-order valence-electron chi connectivity index (χ3n) is 12.7. The minimum Gasteiger partial charge on any atom is -0.481 e. The monoisotopic (exact) mass is 486 g/mol. The lowest BCUT2D eigenvalue weighted by Gasteiger charge is -2.71. The molecule has 1 aliphatic heterocycles. The summed E-state index contributed by atoms with van der Waals surface area (Å²) in [6.07, 6.45) is 6.62. The van der Waals surface area contributed by atoms with Crippen LogP contribution in [0, 0.1) is 51.2 Å². The zero-order chi connectivity index (χ0) is 25.8. The van der Waals surface area contributed by atoms with Crippen LogP contribution in [0.4, 0.5) is 0 Å². The number of aliphatic hydroxyl groups is 1. The Morgan fingerprint density at radius 1 is 1.00 bits per heavy atom. The van der Waals surface area contributed by atoms with Crippen LogP contribution in [0.3, 0.4) is 0 Å². The number of aliphatic carboxylic acids is 1. The van der Waals surface area contributed by atoms with Gasteiger partial charge in [-0.3, -0.25) is 9.59 Å². The molecule has 0 aromatic heterocycles. The van der Waals surface area contributed by atoms with Crippen molar-refractivity contribution in [2.24, 2.45) is 51.2 Å². The number of hydrogen-bond acceptors (Lipinski definition) is 4. The predicted molar refractivity (Wildman–Crippen MR) is 134 cm³/mol. The summed E-state index contributed by atoms with van der Waals surface area (Å²) in [6.45, 7) is 17.5. The van der Waals surface area contributed by atoms with E-state index >= 15 is 0 Å². The first-order valence-electron chi connectivity index (χ1n) is 13.9. The number of carbonyl (C=O) groups is 2. The number of carboxylic acids is 1. The summed E-state index contributed by atoms with van der Waals surface area (Å²) in [4.78, 5) is 25.4. The summed E-state index contributed by atoms with van der Waals surface area (Å²) in [5.74, 6) is 0.178. The molecule has 35 heavy (non-hydrogen) atoms. The summed E-state index contributed by atoms with van der Waals surface area (Å²) in [5, 5.41) is 22.3. The maximum absolute atomic E-state index is 12.8. The molecule has 0 radical (unpaired) electrons. The van der Waals surface area contributed by atoms with Gasteiger partial charge in [0.2, 0.25) is 0 Å². The second-order valence-electron chi connectivity index (χ2n) is 14.4. The van der Waals surface area contributed by atoms with Crippen molar-refractivity contribution in [3.05, 3.63) is 12.2 Å². The third kappa shape index (κ3) is 3.09. The Hall–Kier alpha value is -1.36. The van der Waals surface area contributed by atoms with Crippen molar-refractivity contribution in [1.82, 2.24) is 0 Å². The molecule has 5 heteroatoms. The van der Waals surface area contributed by atoms with Gasteiger partial charge in [0.25, 0.3) is 0 Å². The Balaban J connectivity index is 1.61. The lowest BCUT2D eigenvalue weighted by Crippen LogP contribution is -2.68. The second kappa shape index (κ2) is 7.58. The summed E-state index contributed by atoms with van der Waals surface area (Å²) in [7, 11) is 0. The number of fused-ring (bicyclic) bond motifs is 7. The van der Waals surface area contributed by atoms with Crippen molar-refractivity contribution in [2.75, 3.05) is 0 Å². The van der Waals surface area contributed by atoms with E-state index in [1.807, 2.05) is 13.8 Å². The van der Waals surface area contributed by atoms with Crippen molar-refractivity contribution < 1.29 is 24.5 Å². The van der Waals surface area contributed by atoms with E-state index in [-0.39, 0.29) is 40.0 Å². The quantitative estimate of drug-likeness (QED) is 0.370. The van der Waals surface area contributed by atoms with E-state index in [1.54, 1.807) is 0 Å². The molecule has 10 atom stereocenters. The van der Waals surface area contributed by atoms with Gasteiger partial charge in [-0.25, -0.2) is 0 Å². The maximum Gasteiger partial charge on any atom is 0.309 e. The average molecular weight is 487 g/mol. The fourth-order valence-corrected chi connectivity index (χ4v) is 11.4. The van der Waals surface area contributed by atoms with E-state index in [0.29, 0.717) is 24.7 Å². The summed E-state index contributed by atoms with van der Waals surface area (Å²) < 4.78 is 5.91. The zero-order valence-corrected chi connectivity index (χ0v) is 22.7. The largest absolute Gasteiger partial charge is 0.481 e. The molecule has 2 N–H and O–H groups in total. The van der Waals surface area contributed by atoms with Crippen LogP contribution >= 0.6 is 0 Å². The Kier molecular flexibility index (Phi) is 5.48. The van der Waals surface area contributed by atoms with Crippen LogP contribution in [0.25, 0.3) is 0 Å². The second-order valence-corrected chi connectivity index (χ2v) is 14.4. The highest BCUT2D eigenvalue weighted by Gasteiger charge is 2.73. The summed E-state index contributed by atoms with van der Waals surface area (Å²) in [5.41, 5.74) is -0.610. The number of esters is 1. The third-order valence-corrected chi connectivity index (χ3v) is 12.7. The van der Waals surface area contributed by atoms with Gasteiger partial charge in [0.15, 0.2) is 0 Å². The molecule has 5 rings (SSSR count). The molecule has 4 saturated carbocycles.